The van der Waals surface area contributed by atoms with Crippen LogP contribution in [0.5, 0.6) is 0 Å². The molecule has 0 aromatic carbocycles. The van der Waals surface area contributed by atoms with Crippen LogP contribution in [0.15, 0.2) is 0 Å². The van der Waals surface area contributed by atoms with Crippen LogP contribution in [0.2, 0.25) is 0 Å². The predicted molar refractivity (Wildman–Crippen MR) is 23.7 cm³/mol. The van der Waals surface area contributed by atoms with Crippen molar-refractivity contribution in [2.45, 2.75) is 6.92 Å². The second kappa shape index (κ2) is 5.04. The van der Waals surface area contributed by atoms with Gasteiger partial charge in [0.25, 0.3) is 0 Å². The van der Waals surface area contributed by atoms with E-state index >= 15 is 0 Å². The van der Waals surface area contributed by atoms with E-state index in [-0.39, 0.29) is 39.3 Å². The smallest absolute Gasteiger partial charge is 0.303 e. The van der Waals surface area contributed by atoms with Crippen molar-refractivity contribution in [3.63, 3.8) is 0 Å². The minimum Gasteiger partial charge on any atom is -0.303 e. The van der Waals surface area contributed by atoms with Crippen LogP contribution in [-0.4, -0.2) is 16.4 Å². The summed E-state index contributed by atoms with van der Waals surface area (Å²) < 4.78 is 13.6. The Labute approximate surface area is 72.7 Å². The molecule has 0 fully saturated rings. The van der Waals surface area contributed by atoms with Gasteiger partial charge in [-0.2, -0.15) is 0 Å². The molecule has 8 heavy (non-hydrogen) atoms. The first-order chi connectivity index (χ1) is 3.06. The Kier molecular flexibility index (Phi) is 7.52. The van der Waals surface area contributed by atoms with Crippen molar-refractivity contribution in [2.75, 3.05) is 6.61 Å². The van der Waals surface area contributed by atoms with Crippen LogP contribution in [0.25, 0.3) is 0 Å². The fourth-order valence-electron chi connectivity index (χ4n) is 0.168. The minimum absolute atomic E-state index is 0. The SMILES string of the molecule is CCOP(=O)(O)O.[Y]. The molecule has 0 atom stereocenters. The number of phosphoric acid groups is 1. The summed E-state index contributed by atoms with van der Waals surface area (Å²) in [7, 11) is -4.17. The molecule has 0 rings (SSSR count). The third kappa shape index (κ3) is 10.2. The predicted octanol–water partition coefficient (Wildman–Crippen LogP) is 0.113. The van der Waals surface area contributed by atoms with Gasteiger partial charge in [-0.05, 0) is 6.92 Å². The van der Waals surface area contributed by atoms with Gasteiger partial charge in [0.15, 0.2) is 0 Å². The van der Waals surface area contributed by atoms with Crippen molar-refractivity contribution in [1.82, 2.24) is 0 Å². The molecule has 0 saturated heterocycles. The average Bonchev–Trinajstić information content (AvgIpc) is 1.30. The van der Waals surface area contributed by atoms with E-state index in [9.17, 15) is 4.57 Å². The third-order valence-electron chi connectivity index (χ3n) is 0.297. The topological polar surface area (TPSA) is 66.8 Å². The van der Waals surface area contributed by atoms with Gasteiger partial charge < -0.3 is 9.79 Å². The molecule has 0 bridgehead atoms. The summed E-state index contributed by atoms with van der Waals surface area (Å²) in [5.41, 5.74) is 0. The zero-order chi connectivity index (χ0) is 5.91. The van der Waals surface area contributed by atoms with Crippen LogP contribution in [0, 0.1) is 0 Å². The van der Waals surface area contributed by atoms with Gasteiger partial charge in [0.05, 0.1) is 6.61 Å². The van der Waals surface area contributed by atoms with Crippen molar-refractivity contribution >= 4 is 7.82 Å². The molecule has 0 aliphatic rings. The van der Waals surface area contributed by atoms with Crippen LogP contribution in [0.3, 0.4) is 0 Å². The molecule has 0 aromatic heterocycles. The fraction of sp³-hybridized carbons (Fsp3) is 1.00. The third-order valence-corrected chi connectivity index (χ3v) is 0.892. The largest absolute Gasteiger partial charge is 0.469 e. The molecule has 0 spiro atoms. The first-order valence-electron chi connectivity index (χ1n) is 1.76. The van der Waals surface area contributed by atoms with Gasteiger partial charge >= 0.3 is 7.82 Å². The Morgan fingerprint density at radius 1 is 1.62 bits per heavy atom. The van der Waals surface area contributed by atoms with Gasteiger partial charge in [-0.1, -0.05) is 0 Å². The zero-order valence-electron chi connectivity index (χ0n) is 4.44. The molecule has 0 amide bonds. The van der Waals surface area contributed by atoms with E-state index in [1.807, 2.05) is 0 Å². The standard InChI is InChI=1S/C2H7O4P.Y/c1-2-6-7(3,4)5;/h2H2,1H3,(H2,3,4,5);. The number of rotatable bonds is 2. The molecule has 1 radical (unpaired) electrons. The Hall–Kier alpha value is 1.21. The second-order valence-corrected chi connectivity index (χ2v) is 2.15. The van der Waals surface area contributed by atoms with E-state index in [4.69, 9.17) is 9.79 Å². The fourth-order valence-corrected chi connectivity index (χ4v) is 0.505. The molecule has 0 aromatic rings. The molecule has 0 saturated carbocycles. The summed E-state index contributed by atoms with van der Waals surface area (Å²) in [6, 6.07) is 0. The van der Waals surface area contributed by atoms with E-state index in [2.05, 4.69) is 4.52 Å². The molecule has 2 N–H and O–H groups in total. The summed E-state index contributed by atoms with van der Waals surface area (Å²) in [6.45, 7) is 1.56. The number of phosphoric ester groups is 1. The molecule has 0 aliphatic carbocycles. The monoisotopic (exact) mass is 215 g/mol. The van der Waals surface area contributed by atoms with Crippen molar-refractivity contribution in [1.29, 1.82) is 0 Å². The van der Waals surface area contributed by atoms with Crippen LogP contribution in [-0.2, 0) is 41.8 Å². The molecular formula is C2H7O4PY. The number of hydrogen-bond donors (Lipinski definition) is 2. The Bertz CT molecular complexity index is 88.0. The maximum atomic E-state index is 9.70. The van der Waals surface area contributed by atoms with Crippen LogP contribution in [0.4, 0.5) is 0 Å². The Balaban J connectivity index is 0. The van der Waals surface area contributed by atoms with Crippen molar-refractivity contribution < 1.29 is 51.6 Å². The first kappa shape index (κ1) is 11.9. The Morgan fingerprint density at radius 3 is 2.00 bits per heavy atom. The minimum atomic E-state index is -4.17. The van der Waals surface area contributed by atoms with Gasteiger partial charge in [-0.25, -0.2) is 4.57 Å². The average molecular weight is 215 g/mol. The van der Waals surface area contributed by atoms with E-state index < -0.39 is 7.82 Å². The van der Waals surface area contributed by atoms with Gasteiger partial charge in [0, 0.05) is 32.7 Å². The quantitative estimate of drug-likeness (QED) is 0.641. The molecule has 4 nitrogen and oxygen atoms in total. The summed E-state index contributed by atoms with van der Waals surface area (Å²) in [4.78, 5) is 15.8. The number of hydrogen-bond acceptors (Lipinski definition) is 2. The van der Waals surface area contributed by atoms with Crippen LogP contribution < -0.4 is 0 Å². The maximum absolute atomic E-state index is 9.70. The summed E-state index contributed by atoms with van der Waals surface area (Å²) in [5.74, 6) is 0. The van der Waals surface area contributed by atoms with Gasteiger partial charge in [0.1, 0.15) is 0 Å². The summed E-state index contributed by atoms with van der Waals surface area (Å²) in [6.07, 6.45) is 0. The van der Waals surface area contributed by atoms with Gasteiger partial charge in [0.2, 0.25) is 0 Å². The van der Waals surface area contributed by atoms with Crippen molar-refractivity contribution in [2.24, 2.45) is 0 Å². The second-order valence-electron chi connectivity index (χ2n) is 0.908. The van der Waals surface area contributed by atoms with Crippen molar-refractivity contribution in [3.05, 3.63) is 0 Å². The van der Waals surface area contributed by atoms with Crippen LogP contribution in [0.1, 0.15) is 6.92 Å². The molecule has 0 unspecified atom stereocenters. The molecule has 6 heteroatoms. The normalized spacial score (nSPS) is 10.4. The Morgan fingerprint density at radius 2 is 2.00 bits per heavy atom. The molecule has 0 aliphatic heterocycles. The first-order valence-corrected chi connectivity index (χ1v) is 3.29. The molecule has 47 valence electrons. The summed E-state index contributed by atoms with van der Waals surface area (Å²) in [5, 5.41) is 0. The van der Waals surface area contributed by atoms with Gasteiger partial charge in [-0.3, -0.25) is 4.52 Å². The summed E-state index contributed by atoms with van der Waals surface area (Å²) >= 11 is 0. The molecule has 0 heterocycles. The van der Waals surface area contributed by atoms with E-state index in [0.717, 1.165) is 0 Å². The van der Waals surface area contributed by atoms with Crippen LogP contribution >= 0.6 is 7.82 Å². The molecular weight excluding hydrogens is 208 g/mol. The van der Waals surface area contributed by atoms with E-state index in [1.54, 1.807) is 0 Å². The van der Waals surface area contributed by atoms with E-state index in [0.29, 0.717) is 0 Å². The maximum Gasteiger partial charge on any atom is 0.469 e. The zero-order valence-corrected chi connectivity index (χ0v) is 8.18. The van der Waals surface area contributed by atoms with E-state index in [1.165, 1.54) is 6.92 Å². The van der Waals surface area contributed by atoms with Gasteiger partial charge in [-0.15, -0.1) is 0 Å². The van der Waals surface area contributed by atoms with Crippen molar-refractivity contribution in [3.8, 4) is 0 Å².